The van der Waals surface area contributed by atoms with Crippen LogP contribution < -0.4 is 4.74 Å². The predicted molar refractivity (Wildman–Crippen MR) is 62.2 cm³/mol. The molecule has 0 radical (unpaired) electrons. The third-order valence-corrected chi connectivity index (χ3v) is 3.15. The molecule has 2 nitrogen and oxygen atoms in total. The van der Waals surface area contributed by atoms with E-state index in [2.05, 4.69) is 11.9 Å². The number of hydrogen-bond acceptors (Lipinski definition) is 2. The van der Waals surface area contributed by atoms with Crippen molar-refractivity contribution in [2.75, 3.05) is 20.2 Å². The quantitative estimate of drug-likeness (QED) is 0.732. The van der Waals surface area contributed by atoms with Gasteiger partial charge in [-0.1, -0.05) is 24.6 Å². The summed E-state index contributed by atoms with van der Waals surface area (Å²) in [5.74, 6) is 0.972. The van der Waals surface area contributed by atoms with Crippen LogP contribution in [0, 0.1) is 0 Å². The molecule has 1 saturated carbocycles. The maximum atomic E-state index is 5.65. The van der Waals surface area contributed by atoms with Gasteiger partial charge in [0.25, 0.3) is 0 Å². The van der Waals surface area contributed by atoms with Crippen molar-refractivity contribution in [2.45, 2.75) is 25.3 Å². The molecule has 82 valence electrons. The van der Waals surface area contributed by atoms with E-state index in [1.165, 1.54) is 19.3 Å². The monoisotopic (exact) mass is 205 g/mol. The molecule has 0 atom stereocenters. The second kappa shape index (κ2) is 5.17. The van der Waals surface area contributed by atoms with Crippen molar-refractivity contribution in [2.24, 2.45) is 0 Å². The molecule has 0 spiro atoms. The van der Waals surface area contributed by atoms with E-state index < -0.39 is 0 Å². The summed E-state index contributed by atoms with van der Waals surface area (Å²) in [6.07, 6.45) is 4.12. The van der Waals surface area contributed by atoms with E-state index in [-0.39, 0.29) is 0 Å². The van der Waals surface area contributed by atoms with Crippen LogP contribution in [0.2, 0.25) is 0 Å². The van der Waals surface area contributed by atoms with Gasteiger partial charge in [-0.15, -0.1) is 0 Å². The fourth-order valence-corrected chi connectivity index (χ4v) is 1.83. The maximum Gasteiger partial charge on any atom is 0.119 e. The molecule has 1 aliphatic carbocycles. The number of likely N-dealkylation sites (N-methyl/N-ethyl adjacent to an activating group) is 1. The first-order valence-electron chi connectivity index (χ1n) is 5.74. The predicted octanol–water partition coefficient (Wildman–Crippen LogP) is 2.55. The molecule has 2 heteroatoms. The lowest BCUT2D eigenvalue weighted by Gasteiger charge is -2.34. The van der Waals surface area contributed by atoms with Crippen LogP contribution in [0.5, 0.6) is 5.75 Å². The summed E-state index contributed by atoms with van der Waals surface area (Å²) in [4.78, 5) is 2.41. The Morgan fingerprint density at radius 2 is 2.00 bits per heavy atom. The third-order valence-electron chi connectivity index (χ3n) is 3.15. The number of para-hydroxylation sites is 1. The van der Waals surface area contributed by atoms with Gasteiger partial charge in [0, 0.05) is 12.6 Å². The molecule has 1 fully saturated rings. The van der Waals surface area contributed by atoms with Gasteiger partial charge in [-0.25, -0.2) is 0 Å². The highest BCUT2D eigenvalue weighted by Crippen LogP contribution is 2.23. The van der Waals surface area contributed by atoms with Gasteiger partial charge < -0.3 is 9.64 Å². The highest BCUT2D eigenvalue weighted by atomic mass is 16.5. The molecule has 0 heterocycles. The second-order valence-electron chi connectivity index (χ2n) is 4.23. The van der Waals surface area contributed by atoms with Gasteiger partial charge in [0.1, 0.15) is 12.4 Å². The highest BCUT2D eigenvalue weighted by Gasteiger charge is 2.21. The van der Waals surface area contributed by atoms with Crippen LogP contribution in [0.3, 0.4) is 0 Å². The van der Waals surface area contributed by atoms with Gasteiger partial charge in [0.05, 0.1) is 0 Å². The van der Waals surface area contributed by atoms with Crippen molar-refractivity contribution in [3.05, 3.63) is 30.3 Å². The molecule has 0 unspecified atom stereocenters. The van der Waals surface area contributed by atoms with Crippen molar-refractivity contribution < 1.29 is 4.74 Å². The van der Waals surface area contributed by atoms with Crippen LogP contribution in [0.25, 0.3) is 0 Å². The minimum atomic E-state index is 0.789. The fraction of sp³-hybridized carbons (Fsp3) is 0.538. The third kappa shape index (κ3) is 2.96. The van der Waals surface area contributed by atoms with Gasteiger partial charge >= 0.3 is 0 Å². The first-order chi connectivity index (χ1) is 7.36. The summed E-state index contributed by atoms with van der Waals surface area (Å²) in [5.41, 5.74) is 0. The zero-order valence-electron chi connectivity index (χ0n) is 9.36. The zero-order valence-corrected chi connectivity index (χ0v) is 9.36. The topological polar surface area (TPSA) is 12.5 Å². The Kier molecular flexibility index (Phi) is 3.62. The van der Waals surface area contributed by atoms with Gasteiger partial charge in [0.2, 0.25) is 0 Å². The second-order valence-corrected chi connectivity index (χ2v) is 4.23. The van der Waals surface area contributed by atoms with Crippen LogP contribution in [-0.4, -0.2) is 31.1 Å². The fourth-order valence-electron chi connectivity index (χ4n) is 1.83. The molecule has 0 aliphatic heterocycles. The zero-order chi connectivity index (χ0) is 10.5. The molecular weight excluding hydrogens is 186 g/mol. The van der Waals surface area contributed by atoms with Gasteiger partial charge in [0.15, 0.2) is 0 Å². The van der Waals surface area contributed by atoms with E-state index in [4.69, 9.17) is 4.74 Å². The normalized spacial score (nSPS) is 16.4. The summed E-state index contributed by atoms with van der Waals surface area (Å²) >= 11 is 0. The van der Waals surface area contributed by atoms with Crippen LogP contribution in [0.4, 0.5) is 0 Å². The smallest absolute Gasteiger partial charge is 0.119 e. The van der Waals surface area contributed by atoms with E-state index in [1.807, 2.05) is 30.3 Å². The molecular formula is C13H19NO. The van der Waals surface area contributed by atoms with E-state index in [0.29, 0.717) is 0 Å². The SMILES string of the molecule is CN(CCOc1ccccc1)C1CCC1. The first-order valence-corrected chi connectivity index (χ1v) is 5.74. The van der Waals surface area contributed by atoms with E-state index in [9.17, 15) is 0 Å². The molecule has 1 aliphatic rings. The van der Waals surface area contributed by atoms with Gasteiger partial charge in [-0.2, -0.15) is 0 Å². The van der Waals surface area contributed by atoms with Crippen molar-refractivity contribution in [3.63, 3.8) is 0 Å². The number of hydrogen-bond donors (Lipinski definition) is 0. The Hall–Kier alpha value is -1.02. The number of rotatable bonds is 5. The molecule has 15 heavy (non-hydrogen) atoms. The van der Waals surface area contributed by atoms with Crippen molar-refractivity contribution in [1.29, 1.82) is 0 Å². The summed E-state index contributed by atoms with van der Waals surface area (Å²) in [5, 5.41) is 0. The molecule has 0 saturated heterocycles. The van der Waals surface area contributed by atoms with Gasteiger partial charge in [-0.3, -0.25) is 0 Å². The molecule has 1 aromatic carbocycles. The minimum absolute atomic E-state index is 0.789. The Balaban J connectivity index is 1.66. The van der Waals surface area contributed by atoms with Crippen molar-refractivity contribution >= 4 is 0 Å². The molecule has 0 amide bonds. The number of nitrogens with zero attached hydrogens (tertiary/aromatic N) is 1. The largest absolute Gasteiger partial charge is 0.492 e. The number of benzene rings is 1. The lowest BCUT2D eigenvalue weighted by molar-refractivity contribution is 0.135. The van der Waals surface area contributed by atoms with Crippen LogP contribution in [0.1, 0.15) is 19.3 Å². The molecule has 0 bridgehead atoms. The van der Waals surface area contributed by atoms with Crippen LogP contribution in [-0.2, 0) is 0 Å². The summed E-state index contributed by atoms with van der Waals surface area (Å²) < 4.78 is 5.65. The van der Waals surface area contributed by atoms with Crippen molar-refractivity contribution in [3.8, 4) is 5.75 Å². The number of ether oxygens (including phenoxy) is 1. The summed E-state index contributed by atoms with van der Waals surface area (Å²) in [6.45, 7) is 1.82. The first kappa shape index (κ1) is 10.5. The Morgan fingerprint density at radius 1 is 1.27 bits per heavy atom. The lowest BCUT2D eigenvalue weighted by atomic mass is 9.92. The lowest BCUT2D eigenvalue weighted by Crippen LogP contribution is -2.39. The Morgan fingerprint density at radius 3 is 2.60 bits per heavy atom. The van der Waals surface area contributed by atoms with E-state index in [0.717, 1.165) is 24.9 Å². The minimum Gasteiger partial charge on any atom is -0.492 e. The molecule has 0 aromatic heterocycles. The molecule has 2 rings (SSSR count). The average molecular weight is 205 g/mol. The molecule has 1 aromatic rings. The molecule has 0 N–H and O–H groups in total. The Labute approximate surface area is 91.9 Å². The van der Waals surface area contributed by atoms with Crippen LogP contribution >= 0.6 is 0 Å². The van der Waals surface area contributed by atoms with E-state index in [1.54, 1.807) is 0 Å². The summed E-state index contributed by atoms with van der Waals surface area (Å²) in [7, 11) is 2.19. The highest BCUT2D eigenvalue weighted by molar-refractivity contribution is 5.20. The Bertz CT molecular complexity index is 282. The van der Waals surface area contributed by atoms with E-state index >= 15 is 0 Å². The maximum absolute atomic E-state index is 5.65. The van der Waals surface area contributed by atoms with Crippen LogP contribution in [0.15, 0.2) is 30.3 Å². The standard InChI is InChI=1S/C13H19NO/c1-14(12-6-5-7-12)10-11-15-13-8-3-2-4-9-13/h2-4,8-9,12H,5-7,10-11H2,1H3. The summed E-state index contributed by atoms with van der Waals surface area (Å²) in [6, 6.07) is 10.8. The average Bonchev–Trinajstić information content (AvgIpc) is 2.16. The van der Waals surface area contributed by atoms with Gasteiger partial charge in [-0.05, 0) is 32.0 Å². The van der Waals surface area contributed by atoms with Crippen molar-refractivity contribution in [1.82, 2.24) is 4.90 Å².